The highest BCUT2D eigenvalue weighted by Gasteiger charge is 2.32. The number of likely N-dealkylation sites (tertiary alicyclic amines) is 1. The molecule has 1 aromatic rings. The predicted molar refractivity (Wildman–Crippen MR) is 95.6 cm³/mol. The van der Waals surface area contributed by atoms with E-state index in [1.807, 2.05) is 37.8 Å². The number of anilines is 1. The molecule has 2 unspecified atom stereocenters. The first-order chi connectivity index (χ1) is 10.7. The van der Waals surface area contributed by atoms with E-state index in [0.29, 0.717) is 0 Å². The minimum Gasteiger partial charge on any atom is -0.444 e. The van der Waals surface area contributed by atoms with Crippen LogP contribution in [-0.4, -0.2) is 40.2 Å². The summed E-state index contributed by atoms with van der Waals surface area (Å²) in [6.07, 6.45) is 4.58. The Kier molecular flexibility index (Phi) is 5.89. The van der Waals surface area contributed by atoms with E-state index in [4.69, 9.17) is 4.74 Å². The van der Waals surface area contributed by atoms with Crippen LogP contribution < -0.4 is 5.32 Å². The van der Waals surface area contributed by atoms with Crippen molar-refractivity contribution in [1.82, 2.24) is 9.88 Å². The van der Waals surface area contributed by atoms with Crippen molar-refractivity contribution in [2.45, 2.75) is 64.6 Å². The van der Waals surface area contributed by atoms with Crippen LogP contribution in [0.25, 0.3) is 0 Å². The molecule has 0 bridgehead atoms. The molecule has 1 amide bonds. The van der Waals surface area contributed by atoms with Crippen LogP contribution >= 0.6 is 15.9 Å². The maximum atomic E-state index is 12.3. The molecule has 1 aliphatic rings. The first-order valence-corrected chi connectivity index (χ1v) is 8.91. The molecule has 5 nitrogen and oxygen atoms in total. The zero-order valence-electron chi connectivity index (χ0n) is 14.3. The normalized spacial score (nSPS) is 19.5. The standard InChI is InChI=1S/C17H26BrN3O2/c1-12(20-13-7-8-15(18)19-11-13)10-14-6-5-9-21(14)16(22)23-17(2,3)4/h7-8,11-12,14,20H,5-6,9-10H2,1-4H3. The third-order valence-corrected chi connectivity index (χ3v) is 4.24. The number of hydrogen-bond donors (Lipinski definition) is 1. The highest BCUT2D eigenvalue weighted by atomic mass is 79.9. The summed E-state index contributed by atoms with van der Waals surface area (Å²) in [4.78, 5) is 18.4. The summed E-state index contributed by atoms with van der Waals surface area (Å²) in [7, 11) is 0. The summed E-state index contributed by atoms with van der Waals surface area (Å²) in [5, 5.41) is 3.44. The van der Waals surface area contributed by atoms with Gasteiger partial charge in [-0.2, -0.15) is 0 Å². The summed E-state index contributed by atoms with van der Waals surface area (Å²) in [6, 6.07) is 4.40. The predicted octanol–water partition coefficient (Wildman–Crippen LogP) is 4.43. The van der Waals surface area contributed by atoms with Crippen LogP contribution in [0.15, 0.2) is 22.9 Å². The van der Waals surface area contributed by atoms with Crippen molar-refractivity contribution in [2.75, 3.05) is 11.9 Å². The van der Waals surface area contributed by atoms with Crippen LogP contribution in [0, 0.1) is 0 Å². The molecule has 2 atom stereocenters. The number of ether oxygens (including phenoxy) is 1. The second kappa shape index (κ2) is 7.51. The molecule has 128 valence electrons. The van der Waals surface area contributed by atoms with Gasteiger partial charge in [-0.1, -0.05) is 0 Å². The number of rotatable bonds is 4. The fourth-order valence-corrected chi connectivity index (χ4v) is 3.09. The maximum Gasteiger partial charge on any atom is 0.410 e. The summed E-state index contributed by atoms with van der Waals surface area (Å²) >= 11 is 3.33. The number of pyridine rings is 1. The fraction of sp³-hybridized carbons (Fsp3) is 0.647. The third-order valence-electron chi connectivity index (χ3n) is 3.77. The number of carbonyl (C=O) groups excluding carboxylic acids is 1. The average molecular weight is 384 g/mol. The second-order valence-corrected chi connectivity index (χ2v) is 7.93. The zero-order valence-corrected chi connectivity index (χ0v) is 15.9. The van der Waals surface area contributed by atoms with Gasteiger partial charge in [0, 0.05) is 18.6 Å². The largest absolute Gasteiger partial charge is 0.444 e. The SMILES string of the molecule is CC(CC1CCCN1C(=O)OC(C)(C)C)Nc1ccc(Br)nc1. The minimum atomic E-state index is -0.447. The van der Waals surface area contributed by atoms with Crippen LogP contribution in [0.2, 0.25) is 0 Å². The number of halogens is 1. The van der Waals surface area contributed by atoms with Gasteiger partial charge < -0.3 is 15.0 Å². The monoisotopic (exact) mass is 383 g/mol. The van der Waals surface area contributed by atoms with E-state index >= 15 is 0 Å². The molecular weight excluding hydrogens is 358 g/mol. The van der Waals surface area contributed by atoms with Gasteiger partial charge in [0.2, 0.25) is 0 Å². The molecule has 1 N–H and O–H groups in total. The van der Waals surface area contributed by atoms with E-state index in [0.717, 1.165) is 36.1 Å². The van der Waals surface area contributed by atoms with Crippen molar-refractivity contribution in [1.29, 1.82) is 0 Å². The lowest BCUT2D eigenvalue weighted by Gasteiger charge is -2.30. The van der Waals surface area contributed by atoms with Gasteiger partial charge in [0.05, 0.1) is 11.9 Å². The molecule has 6 heteroatoms. The van der Waals surface area contributed by atoms with Crippen LogP contribution in [0.4, 0.5) is 10.5 Å². The van der Waals surface area contributed by atoms with Gasteiger partial charge in [-0.05, 0) is 75.0 Å². The number of amides is 1. The Morgan fingerprint density at radius 2 is 2.26 bits per heavy atom. The number of aromatic nitrogens is 1. The van der Waals surface area contributed by atoms with Crippen molar-refractivity contribution in [3.05, 3.63) is 22.9 Å². The number of carbonyl (C=O) groups is 1. The summed E-state index contributed by atoms with van der Waals surface area (Å²) in [5.41, 5.74) is 0.541. The van der Waals surface area contributed by atoms with Crippen molar-refractivity contribution in [3.8, 4) is 0 Å². The Morgan fingerprint density at radius 3 is 2.87 bits per heavy atom. The van der Waals surface area contributed by atoms with E-state index in [9.17, 15) is 4.79 Å². The Labute approximate surface area is 146 Å². The van der Waals surface area contributed by atoms with E-state index in [-0.39, 0.29) is 18.2 Å². The summed E-state index contributed by atoms with van der Waals surface area (Å²) in [5.74, 6) is 0. The van der Waals surface area contributed by atoms with Crippen molar-refractivity contribution < 1.29 is 9.53 Å². The molecule has 1 saturated heterocycles. The zero-order chi connectivity index (χ0) is 17.0. The molecule has 0 spiro atoms. The van der Waals surface area contributed by atoms with Gasteiger partial charge in [0.25, 0.3) is 0 Å². The first kappa shape index (κ1) is 18.0. The van der Waals surface area contributed by atoms with Crippen LogP contribution in [0.5, 0.6) is 0 Å². The van der Waals surface area contributed by atoms with Crippen molar-refractivity contribution in [2.24, 2.45) is 0 Å². The number of hydrogen-bond acceptors (Lipinski definition) is 4. The molecule has 0 saturated carbocycles. The lowest BCUT2D eigenvalue weighted by molar-refractivity contribution is 0.0218. The highest BCUT2D eigenvalue weighted by molar-refractivity contribution is 9.10. The van der Waals surface area contributed by atoms with Gasteiger partial charge in [0.1, 0.15) is 10.2 Å². The average Bonchev–Trinajstić information content (AvgIpc) is 2.87. The lowest BCUT2D eigenvalue weighted by Crippen LogP contribution is -2.41. The topological polar surface area (TPSA) is 54.5 Å². The lowest BCUT2D eigenvalue weighted by atomic mass is 10.1. The van der Waals surface area contributed by atoms with Gasteiger partial charge in [-0.25, -0.2) is 9.78 Å². The summed E-state index contributed by atoms with van der Waals surface area (Å²) < 4.78 is 6.34. The fourth-order valence-electron chi connectivity index (χ4n) is 2.85. The van der Waals surface area contributed by atoms with Crippen molar-refractivity contribution in [3.63, 3.8) is 0 Å². The smallest absolute Gasteiger partial charge is 0.410 e. The van der Waals surface area contributed by atoms with E-state index in [1.165, 1.54) is 0 Å². The van der Waals surface area contributed by atoms with Crippen LogP contribution in [0.1, 0.15) is 47.0 Å². The number of nitrogens with one attached hydrogen (secondary N) is 1. The quantitative estimate of drug-likeness (QED) is 0.781. The first-order valence-electron chi connectivity index (χ1n) is 8.12. The van der Waals surface area contributed by atoms with E-state index in [1.54, 1.807) is 6.20 Å². The van der Waals surface area contributed by atoms with Gasteiger partial charge in [-0.15, -0.1) is 0 Å². The second-order valence-electron chi connectivity index (χ2n) is 7.12. The summed E-state index contributed by atoms with van der Waals surface area (Å²) in [6.45, 7) is 8.63. The molecule has 0 radical (unpaired) electrons. The van der Waals surface area contributed by atoms with Crippen LogP contribution in [-0.2, 0) is 4.74 Å². The van der Waals surface area contributed by atoms with Gasteiger partial charge in [0.15, 0.2) is 0 Å². The Balaban J connectivity index is 1.90. The molecule has 0 aliphatic carbocycles. The molecule has 2 rings (SSSR count). The molecule has 23 heavy (non-hydrogen) atoms. The Hall–Kier alpha value is -1.30. The van der Waals surface area contributed by atoms with E-state index < -0.39 is 5.60 Å². The van der Waals surface area contributed by atoms with Gasteiger partial charge >= 0.3 is 6.09 Å². The Morgan fingerprint density at radius 1 is 1.52 bits per heavy atom. The third kappa shape index (κ3) is 5.68. The van der Waals surface area contributed by atoms with Gasteiger partial charge in [-0.3, -0.25) is 0 Å². The van der Waals surface area contributed by atoms with E-state index in [2.05, 4.69) is 33.2 Å². The number of nitrogens with zero attached hydrogens (tertiary/aromatic N) is 2. The molecule has 1 aromatic heterocycles. The molecule has 0 aromatic carbocycles. The van der Waals surface area contributed by atoms with Crippen molar-refractivity contribution >= 4 is 27.7 Å². The minimum absolute atomic E-state index is 0.197. The highest BCUT2D eigenvalue weighted by Crippen LogP contribution is 2.25. The molecular formula is C17H26BrN3O2. The molecule has 2 heterocycles. The Bertz CT molecular complexity index is 528. The molecule has 1 aliphatic heterocycles. The molecule has 1 fully saturated rings. The van der Waals surface area contributed by atoms with Crippen LogP contribution in [0.3, 0.4) is 0 Å². The maximum absolute atomic E-state index is 12.3.